The van der Waals surface area contributed by atoms with Crippen LogP contribution < -0.4 is 4.72 Å². The van der Waals surface area contributed by atoms with Gasteiger partial charge in [0, 0.05) is 11.7 Å². The van der Waals surface area contributed by atoms with Crippen molar-refractivity contribution >= 4 is 21.6 Å². The summed E-state index contributed by atoms with van der Waals surface area (Å²) < 4.78 is 27.0. The Morgan fingerprint density at radius 2 is 2.00 bits per heavy atom. The maximum Gasteiger partial charge on any atom is 0.242 e. The van der Waals surface area contributed by atoms with Crippen molar-refractivity contribution in [2.45, 2.75) is 43.0 Å². The van der Waals surface area contributed by atoms with Crippen molar-refractivity contribution in [3.63, 3.8) is 0 Å². The molecule has 0 amide bonds. The minimum absolute atomic E-state index is 0.162. The predicted molar refractivity (Wildman–Crippen MR) is 66.4 cm³/mol. The molecule has 94 valence electrons. The lowest BCUT2D eigenvalue weighted by molar-refractivity contribution is 0.427. The number of nitrogens with zero attached hydrogens (tertiary/aromatic N) is 1. The van der Waals surface area contributed by atoms with Crippen molar-refractivity contribution in [1.82, 2.24) is 9.71 Å². The number of hydrogen-bond donors (Lipinski definition) is 1. The molecule has 1 aliphatic carbocycles. The van der Waals surface area contributed by atoms with Gasteiger partial charge in [0.2, 0.25) is 10.0 Å². The largest absolute Gasteiger partial charge is 0.243 e. The van der Waals surface area contributed by atoms with Crippen molar-refractivity contribution in [1.29, 1.82) is 0 Å². The van der Waals surface area contributed by atoms with Gasteiger partial charge in [-0.05, 0) is 31.9 Å². The molecule has 4 nitrogen and oxygen atoms in total. The zero-order valence-electron chi connectivity index (χ0n) is 9.61. The summed E-state index contributed by atoms with van der Waals surface area (Å²) in [5.74, 6) is 0. The van der Waals surface area contributed by atoms with Crippen LogP contribution in [-0.2, 0) is 10.0 Å². The Hall–Kier alpha value is -0.650. The molecule has 0 saturated heterocycles. The first-order valence-electron chi connectivity index (χ1n) is 5.57. The Morgan fingerprint density at radius 1 is 1.35 bits per heavy atom. The molecule has 0 radical (unpaired) electrons. The summed E-state index contributed by atoms with van der Waals surface area (Å²) in [7, 11) is -3.49. The van der Waals surface area contributed by atoms with Crippen molar-refractivity contribution in [3.8, 4) is 0 Å². The maximum absolute atomic E-state index is 12.1. The van der Waals surface area contributed by atoms with Gasteiger partial charge in [-0.2, -0.15) is 0 Å². The van der Waals surface area contributed by atoms with Crippen LogP contribution in [0.5, 0.6) is 0 Å². The van der Waals surface area contributed by atoms with E-state index in [4.69, 9.17) is 11.6 Å². The van der Waals surface area contributed by atoms with Gasteiger partial charge in [-0.3, -0.25) is 0 Å². The molecule has 1 aromatic rings. The van der Waals surface area contributed by atoms with Crippen LogP contribution >= 0.6 is 11.6 Å². The van der Waals surface area contributed by atoms with Crippen LogP contribution in [0, 0.1) is 0 Å². The van der Waals surface area contributed by atoms with Crippen molar-refractivity contribution in [2.24, 2.45) is 0 Å². The average Bonchev–Trinajstić information content (AvgIpc) is 2.64. The standard InChI is InChI=1S/C11H15ClN2O2S/c1-11(6-2-3-7-11)14-17(15,16)9-4-5-10(12)13-8-9/h4-5,8,14H,2-3,6-7H2,1H3. The zero-order valence-corrected chi connectivity index (χ0v) is 11.2. The molecular weight excluding hydrogens is 260 g/mol. The van der Waals surface area contributed by atoms with E-state index in [0.29, 0.717) is 0 Å². The summed E-state index contributed by atoms with van der Waals surface area (Å²) in [6.45, 7) is 1.95. The quantitative estimate of drug-likeness (QED) is 0.861. The first-order valence-corrected chi connectivity index (χ1v) is 7.43. The lowest BCUT2D eigenvalue weighted by Gasteiger charge is -2.24. The fourth-order valence-electron chi connectivity index (χ4n) is 2.16. The Morgan fingerprint density at radius 3 is 2.53 bits per heavy atom. The topological polar surface area (TPSA) is 59.1 Å². The molecule has 1 aromatic heterocycles. The molecule has 0 aliphatic heterocycles. The van der Waals surface area contributed by atoms with Crippen LogP contribution in [0.25, 0.3) is 0 Å². The Balaban J connectivity index is 2.22. The van der Waals surface area contributed by atoms with Crippen LogP contribution in [0.1, 0.15) is 32.6 Å². The van der Waals surface area contributed by atoms with E-state index in [0.717, 1.165) is 25.7 Å². The summed E-state index contributed by atoms with van der Waals surface area (Å²) >= 11 is 5.63. The third-order valence-electron chi connectivity index (χ3n) is 3.10. The van der Waals surface area contributed by atoms with Gasteiger partial charge >= 0.3 is 0 Å². The maximum atomic E-state index is 12.1. The van der Waals surface area contributed by atoms with Gasteiger partial charge < -0.3 is 0 Å². The first kappa shape index (κ1) is 12.8. The van der Waals surface area contributed by atoms with E-state index in [2.05, 4.69) is 9.71 Å². The summed E-state index contributed by atoms with van der Waals surface area (Å²) in [5, 5.41) is 0.288. The van der Waals surface area contributed by atoms with Gasteiger partial charge in [0.05, 0.1) is 0 Å². The third-order valence-corrected chi connectivity index (χ3v) is 4.95. The molecule has 17 heavy (non-hydrogen) atoms. The summed E-state index contributed by atoms with van der Waals surface area (Å²) in [6, 6.07) is 2.95. The van der Waals surface area contributed by atoms with Gasteiger partial charge in [0.25, 0.3) is 0 Å². The van der Waals surface area contributed by atoms with Crippen molar-refractivity contribution < 1.29 is 8.42 Å². The molecular formula is C11H15ClN2O2S. The summed E-state index contributed by atoms with van der Waals surface area (Å²) in [5.41, 5.74) is -0.321. The van der Waals surface area contributed by atoms with Gasteiger partial charge in [0.15, 0.2) is 0 Å². The lowest BCUT2D eigenvalue weighted by Crippen LogP contribution is -2.43. The number of sulfonamides is 1. The molecule has 0 atom stereocenters. The second-order valence-corrected chi connectivity index (χ2v) is 6.76. The van der Waals surface area contributed by atoms with E-state index in [1.807, 2.05) is 6.92 Å². The molecule has 0 spiro atoms. The van der Waals surface area contributed by atoms with E-state index in [1.165, 1.54) is 18.3 Å². The highest BCUT2D eigenvalue weighted by Crippen LogP contribution is 2.30. The summed E-state index contributed by atoms with van der Waals surface area (Å²) in [4.78, 5) is 3.95. The van der Waals surface area contributed by atoms with E-state index in [1.54, 1.807) is 0 Å². The van der Waals surface area contributed by atoms with Crippen LogP contribution in [0.4, 0.5) is 0 Å². The number of aromatic nitrogens is 1. The predicted octanol–water partition coefficient (Wildman–Crippen LogP) is 2.35. The van der Waals surface area contributed by atoms with Gasteiger partial charge in [0.1, 0.15) is 10.0 Å². The van der Waals surface area contributed by atoms with E-state index in [9.17, 15) is 8.42 Å². The van der Waals surface area contributed by atoms with Crippen molar-refractivity contribution in [2.75, 3.05) is 0 Å². The van der Waals surface area contributed by atoms with Gasteiger partial charge in [-0.15, -0.1) is 0 Å². The Labute approximate surface area is 106 Å². The zero-order chi connectivity index (χ0) is 12.5. The van der Waals surface area contributed by atoms with Crippen LogP contribution in [0.3, 0.4) is 0 Å². The Bertz CT molecular complexity index is 493. The average molecular weight is 275 g/mol. The second kappa shape index (κ2) is 4.55. The van der Waals surface area contributed by atoms with Crippen LogP contribution in [-0.4, -0.2) is 18.9 Å². The first-order chi connectivity index (χ1) is 7.91. The molecule has 6 heteroatoms. The van der Waals surface area contributed by atoms with Gasteiger partial charge in [-0.1, -0.05) is 24.4 Å². The molecule has 2 rings (SSSR count). The highest BCUT2D eigenvalue weighted by atomic mass is 35.5. The van der Waals surface area contributed by atoms with Gasteiger partial charge in [-0.25, -0.2) is 18.1 Å². The SMILES string of the molecule is CC1(NS(=O)(=O)c2ccc(Cl)nc2)CCCC1. The molecule has 0 bridgehead atoms. The Kier molecular flexibility index (Phi) is 3.43. The van der Waals surface area contributed by atoms with Crippen LogP contribution in [0.2, 0.25) is 5.15 Å². The molecule has 1 heterocycles. The molecule has 1 fully saturated rings. The lowest BCUT2D eigenvalue weighted by atomic mass is 10.0. The number of pyridine rings is 1. The van der Waals surface area contributed by atoms with Crippen molar-refractivity contribution in [3.05, 3.63) is 23.5 Å². The molecule has 0 unspecified atom stereocenters. The minimum Gasteiger partial charge on any atom is -0.243 e. The van der Waals surface area contributed by atoms with Crippen LogP contribution in [0.15, 0.2) is 23.2 Å². The smallest absolute Gasteiger partial charge is 0.242 e. The number of rotatable bonds is 3. The highest BCUT2D eigenvalue weighted by Gasteiger charge is 2.33. The third kappa shape index (κ3) is 2.97. The van der Waals surface area contributed by atoms with E-state index < -0.39 is 10.0 Å². The number of halogens is 1. The number of nitrogens with one attached hydrogen (secondary N) is 1. The van der Waals surface area contributed by atoms with E-state index >= 15 is 0 Å². The molecule has 0 aromatic carbocycles. The molecule has 1 aliphatic rings. The van der Waals surface area contributed by atoms with E-state index in [-0.39, 0.29) is 15.6 Å². The normalized spacial score (nSPS) is 19.4. The summed E-state index contributed by atoms with van der Waals surface area (Å²) in [6.07, 6.45) is 5.18. The number of hydrogen-bond acceptors (Lipinski definition) is 3. The fraction of sp³-hybridized carbons (Fsp3) is 0.545. The highest BCUT2D eigenvalue weighted by molar-refractivity contribution is 7.89. The minimum atomic E-state index is -3.49. The molecule has 1 saturated carbocycles. The molecule has 1 N–H and O–H groups in total. The monoisotopic (exact) mass is 274 g/mol. The second-order valence-electron chi connectivity index (χ2n) is 4.69. The fourth-order valence-corrected chi connectivity index (χ4v) is 3.68.